The zero-order valence-corrected chi connectivity index (χ0v) is 14.7. The molecule has 118 valence electrons. The maximum Gasteiger partial charge on any atom is 0.257 e. The van der Waals surface area contributed by atoms with Crippen molar-refractivity contribution < 1.29 is 4.42 Å². The van der Waals surface area contributed by atoms with Crippen LogP contribution in [0.3, 0.4) is 0 Å². The van der Waals surface area contributed by atoms with Crippen molar-refractivity contribution >= 4 is 35.1 Å². The van der Waals surface area contributed by atoms with Crippen molar-refractivity contribution in [2.24, 2.45) is 7.05 Å². The molecule has 0 saturated heterocycles. The first kappa shape index (κ1) is 15.0. The van der Waals surface area contributed by atoms with Crippen LogP contribution >= 0.6 is 24.0 Å². The number of thioether (sulfide) groups is 1. The average molecular weight is 342 g/mol. The van der Waals surface area contributed by atoms with E-state index in [0.29, 0.717) is 0 Å². The van der Waals surface area contributed by atoms with Crippen LogP contribution in [0.4, 0.5) is 0 Å². The fraction of sp³-hybridized carbons (Fsp3) is 0.333. The minimum absolute atomic E-state index is 0.719. The summed E-state index contributed by atoms with van der Waals surface area (Å²) in [6, 6.07) is 7.88. The summed E-state index contributed by atoms with van der Waals surface area (Å²) >= 11 is 7.29. The smallest absolute Gasteiger partial charge is 0.257 e. The van der Waals surface area contributed by atoms with Gasteiger partial charge in [0.15, 0.2) is 5.58 Å². The highest BCUT2D eigenvalue weighted by Crippen LogP contribution is 2.31. The molecule has 4 rings (SSSR count). The van der Waals surface area contributed by atoms with Gasteiger partial charge in [-0.05, 0) is 48.9 Å². The van der Waals surface area contributed by atoms with Crippen molar-refractivity contribution in [2.45, 2.75) is 36.7 Å². The first-order valence-corrected chi connectivity index (χ1v) is 9.30. The van der Waals surface area contributed by atoms with Crippen molar-refractivity contribution in [1.82, 2.24) is 9.55 Å². The normalized spacial score (nSPS) is 14.1. The predicted molar refractivity (Wildman–Crippen MR) is 96.5 cm³/mol. The summed E-state index contributed by atoms with van der Waals surface area (Å²) in [4.78, 5) is 4.55. The van der Waals surface area contributed by atoms with Crippen LogP contribution in [-0.2, 0) is 25.6 Å². The van der Waals surface area contributed by atoms with Gasteiger partial charge in [0.1, 0.15) is 10.2 Å². The molecule has 0 saturated carbocycles. The molecule has 23 heavy (non-hydrogen) atoms. The fourth-order valence-corrected chi connectivity index (χ4v) is 4.48. The van der Waals surface area contributed by atoms with E-state index in [2.05, 4.69) is 15.7 Å². The molecule has 2 aromatic heterocycles. The number of aromatic nitrogens is 2. The number of hydrogen-bond donors (Lipinski definition) is 0. The number of benzene rings is 1. The van der Waals surface area contributed by atoms with Crippen molar-refractivity contribution in [3.63, 3.8) is 0 Å². The van der Waals surface area contributed by atoms with Gasteiger partial charge in [-0.2, -0.15) is 0 Å². The maximum absolute atomic E-state index is 5.81. The van der Waals surface area contributed by atoms with Crippen molar-refractivity contribution in [3.8, 4) is 0 Å². The molecule has 0 radical (unpaired) electrons. The zero-order chi connectivity index (χ0) is 15.8. The van der Waals surface area contributed by atoms with E-state index < -0.39 is 0 Å². The Kier molecular flexibility index (Phi) is 3.99. The van der Waals surface area contributed by atoms with Crippen LogP contribution in [0.25, 0.3) is 11.1 Å². The highest BCUT2D eigenvalue weighted by molar-refractivity contribution is 7.98. The van der Waals surface area contributed by atoms with E-state index >= 15 is 0 Å². The molecule has 3 nitrogen and oxygen atoms in total. The molecule has 1 aromatic carbocycles. The first-order chi connectivity index (χ1) is 11.2. The van der Waals surface area contributed by atoms with E-state index in [1.807, 2.05) is 31.3 Å². The summed E-state index contributed by atoms with van der Waals surface area (Å²) in [6.45, 7) is 0. The average Bonchev–Trinajstić information content (AvgIpc) is 2.98. The van der Waals surface area contributed by atoms with Gasteiger partial charge in [0.2, 0.25) is 0 Å². The minimum Gasteiger partial charge on any atom is -0.431 e. The van der Waals surface area contributed by atoms with Crippen LogP contribution in [-0.4, -0.2) is 9.55 Å². The van der Waals surface area contributed by atoms with E-state index in [1.165, 1.54) is 36.0 Å². The van der Waals surface area contributed by atoms with E-state index in [9.17, 15) is 0 Å². The van der Waals surface area contributed by atoms with Crippen molar-refractivity contribution in [2.75, 3.05) is 0 Å². The van der Waals surface area contributed by atoms with Crippen molar-refractivity contribution in [1.29, 1.82) is 0 Å². The molecule has 0 unspecified atom stereocenters. The molecule has 0 spiro atoms. The summed E-state index contributed by atoms with van der Waals surface area (Å²) in [5, 5.41) is 0.719. The number of aryl methyl sites for hydroxylation is 2. The Morgan fingerprint density at radius 3 is 2.96 bits per heavy atom. The molecule has 0 atom stereocenters. The second kappa shape index (κ2) is 6.13. The highest BCUT2D eigenvalue weighted by Gasteiger charge is 2.17. The van der Waals surface area contributed by atoms with Gasteiger partial charge in [0.05, 0.1) is 0 Å². The largest absolute Gasteiger partial charge is 0.431 e. The van der Waals surface area contributed by atoms with Crippen molar-refractivity contribution in [3.05, 3.63) is 51.8 Å². The van der Waals surface area contributed by atoms with Gasteiger partial charge in [-0.1, -0.05) is 36.1 Å². The van der Waals surface area contributed by atoms with Gasteiger partial charge in [-0.3, -0.25) is 0 Å². The van der Waals surface area contributed by atoms with Gasteiger partial charge in [0.25, 0.3) is 5.22 Å². The van der Waals surface area contributed by atoms with Crippen LogP contribution in [0.2, 0.25) is 0 Å². The van der Waals surface area contributed by atoms with Crippen LogP contribution in [0, 0.1) is 4.64 Å². The van der Waals surface area contributed by atoms with E-state index in [1.54, 1.807) is 11.8 Å². The number of pyridine rings is 1. The van der Waals surface area contributed by atoms with Gasteiger partial charge < -0.3 is 8.98 Å². The minimum atomic E-state index is 0.719. The van der Waals surface area contributed by atoms with Crippen LogP contribution in [0.1, 0.15) is 29.5 Å². The number of fused-ring (bicyclic) bond motifs is 2. The van der Waals surface area contributed by atoms with Crippen LogP contribution < -0.4 is 0 Å². The molecule has 5 heteroatoms. The third-order valence-electron chi connectivity index (χ3n) is 4.42. The Balaban J connectivity index is 1.66. The van der Waals surface area contributed by atoms with E-state index in [4.69, 9.17) is 16.6 Å². The molecule has 3 aromatic rings. The lowest BCUT2D eigenvalue weighted by Gasteiger charge is -2.21. The Hall–Kier alpha value is -1.59. The summed E-state index contributed by atoms with van der Waals surface area (Å²) in [5.41, 5.74) is 5.96. The maximum atomic E-state index is 5.81. The number of oxazole rings is 1. The number of hydrogen-bond acceptors (Lipinski definition) is 4. The molecule has 0 aliphatic heterocycles. The predicted octanol–water partition coefficient (Wildman–Crippen LogP) is 5.07. The highest BCUT2D eigenvalue weighted by atomic mass is 32.2. The zero-order valence-electron chi connectivity index (χ0n) is 13.0. The molecule has 1 aliphatic rings. The Labute approximate surface area is 144 Å². The lowest BCUT2D eigenvalue weighted by atomic mass is 9.90. The topological polar surface area (TPSA) is 31.0 Å². The van der Waals surface area contributed by atoms with Gasteiger partial charge in [-0.25, -0.2) is 4.98 Å². The van der Waals surface area contributed by atoms with Gasteiger partial charge in [-0.15, -0.1) is 0 Å². The molecule has 1 aliphatic carbocycles. The second-order valence-electron chi connectivity index (χ2n) is 5.97. The third-order valence-corrected chi connectivity index (χ3v) is 5.81. The standard InChI is InChI=1S/C18H18N2OS2/c1-20-10-12-6-2-3-7-13(12)14(17(20)22)11-23-18-19-15-8-4-5-9-16(15)21-18/h4-5,8-10H,2-3,6-7,11H2,1H3. The number of nitrogens with zero attached hydrogens (tertiary/aromatic N) is 2. The quantitative estimate of drug-likeness (QED) is 0.491. The van der Waals surface area contributed by atoms with E-state index in [0.717, 1.165) is 33.1 Å². The molecule has 0 bridgehead atoms. The van der Waals surface area contributed by atoms with Gasteiger partial charge in [0, 0.05) is 24.6 Å². The van der Waals surface area contributed by atoms with E-state index in [-0.39, 0.29) is 0 Å². The van der Waals surface area contributed by atoms with Crippen LogP contribution in [0.5, 0.6) is 0 Å². The Morgan fingerprint density at radius 1 is 1.26 bits per heavy atom. The molecule has 0 N–H and O–H groups in total. The second-order valence-corrected chi connectivity index (χ2v) is 7.28. The summed E-state index contributed by atoms with van der Waals surface area (Å²) < 4.78 is 8.84. The lowest BCUT2D eigenvalue weighted by Crippen LogP contribution is -2.11. The molecule has 0 amide bonds. The molecular weight excluding hydrogens is 324 g/mol. The number of para-hydroxylation sites is 2. The molecule has 2 heterocycles. The number of rotatable bonds is 3. The third kappa shape index (κ3) is 2.83. The van der Waals surface area contributed by atoms with Gasteiger partial charge >= 0.3 is 0 Å². The summed E-state index contributed by atoms with van der Waals surface area (Å²) in [6.07, 6.45) is 7.06. The first-order valence-electron chi connectivity index (χ1n) is 7.91. The SMILES string of the molecule is Cn1cc2c(c(CSc3nc4ccccc4o3)c1=S)CCCC2. The Bertz CT molecular complexity index is 893. The lowest BCUT2D eigenvalue weighted by molar-refractivity contribution is 0.489. The fourth-order valence-electron chi connectivity index (χ4n) is 3.25. The summed E-state index contributed by atoms with van der Waals surface area (Å²) in [7, 11) is 2.05. The monoisotopic (exact) mass is 342 g/mol. The molecular formula is C18H18N2OS2. The summed E-state index contributed by atoms with van der Waals surface area (Å²) in [5.74, 6) is 0.822. The van der Waals surface area contributed by atoms with Crippen LogP contribution in [0.15, 0.2) is 40.1 Å². The molecule has 0 fully saturated rings. The Morgan fingerprint density at radius 2 is 2.09 bits per heavy atom.